The van der Waals surface area contributed by atoms with Crippen molar-refractivity contribution in [3.63, 3.8) is 0 Å². The SMILES string of the molecule is CCCCCCCCCc1ccc(-c2ccc(C)cc2)cc1. The molecule has 0 atom stereocenters. The molecular weight excluding hydrogens is 264 g/mol. The zero-order chi connectivity index (χ0) is 15.6. The van der Waals surface area contributed by atoms with Crippen LogP contribution in [0.3, 0.4) is 0 Å². The van der Waals surface area contributed by atoms with Crippen LogP contribution in [0.4, 0.5) is 0 Å². The van der Waals surface area contributed by atoms with E-state index in [1.165, 1.54) is 73.6 Å². The molecule has 118 valence electrons. The van der Waals surface area contributed by atoms with Gasteiger partial charge >= 0.3 is 0 Å². The van der Waals surface area contributed by atoms with Gasteiger partial charge in [-0.1, -0.05) is 99.5 Å². The number of aryl methyl sites for hydroxylation is 2. The average molecular weight is 294 g/mol. The highest BCUT2D eigenvalue weighted by Gasteiger charge is 1.99. The number of hydrogen-bond acceptors (Lipinski definition) is 0. The van der Waals surface area contributed by atoms with Crippen molar-refractivity contribution in [2.75, 3.05) is 0 Å². The van der Waals surface area contributed by atoms with E-state index in [1.807, 2.05) is 0 Å². The number of hydrogen-bond donors (Lipinski definition) is 0. The van der Waals surface area contributed by atoms with Crippen LogP contribution in [0.25, 0.3) is 11.1 Å². The molecule has 0 heteroatoms. The van der Waals surface area contributed by atoms with Crippen LogP contribution in [0.1, 0.15) is 63.0 Å². The summed E-state index contributed by atoms with van der Waals surface area (Å²) >= 11 is 0. The molecule has 0 unspecified atom stereocenters. The lowest BCUT2D eigenvalue weighted by atomic mass is 10.00. The predicted molar refractivity (Wildman–Crippen MR) is 98.3 cm³/mol. The minimum atomic E-state index is 1.22. The van der Waals surface area contributed by atoms with Crippen molar-refractivity contribution in [3.05, 3.63) is 59.7 Å². The normalized spacial score (nSPS) is 10.8. The Hall–Kier alpha value is -1.56. The lowest BCUT2D eigenvalue weighted by Crippen LogP contribution is -1.87. The summed E-state index contributed by atoms with van der Waals surface area (Å²) in [7, 11) is 0. The zero-order valence-corrected chi connectivity index (χ0v) is 14.3. The average Bonchev–Trinajstić information content (AvgIpc) is 2.55. The van der Waals surface area contributed by atoms with E-state index in [0.29, 0.717) is 0 Å². The van der Waals surface area contributed by atoms with E-state index in [4.69, 9.17) is 0 Å². The minimum absolute atomic E-state index is 1.22. The van der Waals surface area contributed by atoms with Gasteiger partial charge in [0.1, 0.15) is 0 Å². The zero-order valence-electron chi connectivity index (χ0n) is 14.3. The van der Waals surface area contributed by atoms with Crippen molar-refractivity contribution in [1.82, 2.24) is 0 Å². The molecule has 0 aliphatic heterocycles. The van der Waals surface area contributed by atoms with Crippen LogP contribution in [0.2, 0.25) is 0 Å². The molecular formula is C22H30. The van der Waals surface area contributed by atoms with Gasteiger partial charge in [0.25, 0.3) is 0 Å². The van der Waals surface area contributed by atoms with Crippen molar-refractivity contribution in [2.24, 2.45) is 0 Å². The Morgan fingerprint density at radius 1 is 0.591 bits per heavy atom. The van der Waals surface area contributed by atoms with Gasteiger partial charge < -0.3 is 0 Å². The maximum absolute atomic E-state index is 2.30. The smallest absolute Gasteiger partial charge is 0.0184 e. The highest BCUT2D eigenvalue weighted by molar-refractivity contribution is 5.63. The molecule has 0 saturated carbocycles. The van der Waals surface area contributed by atoms with Crippen molar-refractivity contribution in [1.29, 1.82) is 0 Å². The van der Waals surface area contributed by atoms with E-state index in [-0.39, 0.29) is 0 Å². The molecule has 0 heterocycles. The van der Waals surface area contributed by atoms with Gasteiger partial charge in [-0.15, -0.1) is 0 Å². The minimum Gasteiger partial charge on any atom is -0.0654 e. The van der Waals surface area contributed by atoms with Gasteiger partial charge in [-0.25, -0.2) is 0 Å². The second-order valence-electron chi connectivity index (χ2n) is 6.43. The van der Waals surface area contributed by atoms with Gasteiger partial charge in [-0.05, 0) is 36.5 Å². The van der Waals surface area contributed by atoms with E-state index in [0.717, 1.165) is 0 Å². The predicted octanol–water partition coefficient (Wildman–Crippen LogP) is 6.96. The summed E-state index contributed by atoms with van der Waals surface area (Å²) in [5.41, 5.74) is 5.43. The van der Waals surface area contributed by atoms with Crippen LogP contribution in [0.5, 0.6) is 0 Å². The molecule has 0 saturated heterocycles. The fourth-order valence-electron chi connectivity index (χ4n) is 2.90. The van der Waals surface area contributed by atoms with Gasteiger partial charge in [0.05, 0.1) is 0 Å². The van der Waals surface area contributed by atoms with E-state index in [2.05, 4.69) is 62.4 Å². The topological polar surface area (TPSA) is 0 Å². The summed E-state index contributed by atoms with van der Waals surface area (Å²) < 4.78 is 0. The molecule has 22 heavy (non-hydrogen) atoms. The number of rotatable bonds is 9. The van der Waals surface area contributed by atoms with Gasteiger partial charge in [0.2, 0.25) is 0 Å². The Morgan fingerprint density at radius 2 is 1.09 bits per heavy atom. The summed E-state index contributed by atoms with van der Waals surface area (Å²) in [6, 6.07) is 17.9. The summed E-state index contributed by atoms with van der Waals surface area (Å²) in [4.78, 5) is 0. The van der Waals surface area contributed by atoms with E-state index in [9.17, 15) is 0 Å². The Labute approximate surface area is 136 Å². The molecule has 0 N–H and O–H groups in total. The Bertz CT molecular complexity index is 519. The van der Waals surface area contributed by atoms with Crippen LogP contribution in [0, 0.1) is 6.92 Å². The van der Waals surface area contributed by atoms with Crippen LogP contribution < -0.4 is 0 Å². The molecule has 0 nitrogen and oxygen atoms in total. The first kappa shape index (κ1) is 16.8. The van der Waals surface area contributed by atoms with Crippen molar-refractivity contribution < 1.29 is 0 Å². The van der Waals surface area contributed by atoms with Crippen molar-refractivity contribution >= 4 is 0 Å². The molecule has 0 aromatic heterocycles. The summed E-state index contributed by atoms with van der Waals surface area (Å²) in [6.45, 7) is 4.41. The Morgan fingerprint density at radius 3 is 1.68 bits per heavy atom. The maximum atomic E-state index is 2.30. The maximum Gasteiger partial charge on any atom is -0.0184 e. The Kier molecular flexibility index (Phi) is 7.22. The lowest BCUT2D eigenvalue weighted by Gasteiger charge is -2.05. The second-order valence-corrected chi connectivity index (χ2v) is 6.43. The van der Waals surface area contributed by atoms with Crippen molar-refractivity contribution in [3.8, 4) is 11.1 Å². The fraction of sp³-hybridized carbons (Fsp3) is 0.455. The van der Waals surface area contributed by atoms with Crippen LogP contribution in [-0.4, -0.2) is 0 Å². The molecule has 0 aliphatic rings. The number of unbranched alkanes of at least 4 members (excludes halogenated alkanes) is 6. The van der Waals surface area contributed by atoms with Gasteiger partial charge in [0, 0.05) is 0 Å². The molecule has 0 aliphatic carbocycles. The lowest BCUT2D eigenvalue weighted by molar-refractivity contribution is 0.589. The number of benzene rings is 2. The molecule has 0 bridgehead atoms. The van der Waals surface area contributed by atoms with Gasteiger partial charge in [0.15, 0.2) is 0 Å². The Balaban J connectivity index is 1.74. The molecule has 0 fully saturated rings. The third-order valence-electron chi connectivity index (χ3n) is 4.41. The first-order valence-corrected chi connectivity index (χ1v) is 8.95. The molecule has 2 aromatic carbocycles. The van der Waals surface area contributed by atoms with Gasteiger partial charge in [-0.3, -0.25) is 0 Å². The van der Waals surface area contributed by atoms with Crippen LogP contribution in [-0.2, 0) is 6.42 Å². The summed E-state index contributed by atoms with van der Waals surface area (Å²) in [6.07, 6.45) is 10.9. The van der Waals surface area contributed by atoms with E-state index < -0.39 is 0 Å². The summed E-state index contributed by atoms with van der Waals surface area (Å²) in [5.74, 6) is 0. The van der Waals surface area contributed by atoms with E-state index >= 15 is 0 Å². The molecule has 0 amide bonds. The summed E-state index contributed by atoms with van der Waals surface area (Å²) in [5, 5.41) is 0. The molecule has 0 radical (unpaired) electrons. The quantitative estimate of drug-likeness (QED) is 0.439. The fourth-order valence-corrected chi connectivity index (χ4v) is 2.90. The highest BCUT2D eigenvalue weighted by atomic mass is 14.0. The highest BCUT2D eigenvalue weighted by Crippen LogP contribution is 2.21. The van der Waals surface area contributed by atoms with Crippen molar-refractivity contribution in [2.45, 2.75) is 65.2 Å². The first-order chi connectivity index (χ1) is 10.8. The largest absolute Gasteiger partial charge is 0.0654 e. The van der Waals surface area contributed by atoms with E-state index in [1.54, 1.807) is 0 Å². The third-order valence-corrected chi connectivity index (χ3v) is 4.41. The molecule has 2 aromatic rings. The third kappa shape index (κ3) is 5.67. The van der Waals surface area contributed by atoms with Gasteiger partial charge in [-0.2, -0.15) is 0 Å². The monoisotopic (exact) mass is 294 g/mol. The molecule has 0 spiro atoms. The first-order valence-electron chi connectivity index (χ1n) is 8.95. The standard InChI is InChI=1S/C22H30/c1-3-4-5-6-7-8-9-10-20-13-17-22(18-14-20)21-15-11-19(2)12-16-21/h11-18H,3-10H2,1-2H3. The molecule has 2 rings (SSSR count). The van der Waals surface area contributed by atoms with Crippen LogP contribution >= 0.6 is 0 Å². The van der Waals surface area contributed by atoms with Crippen LogP contribution in [0.15, 0.2) is 48.5 Å². The second kappa shape index (κ2) is 9.46.